The van der Waals surface area contributed by atoms with Crippen LogP contribution in [0, 0.1) is 11.8 Å². The van der Waals surface area contributed by atoms with Gasteiger partial charge in [0.15, 0.2) is 0 Å². The predicted octanol–water partition coefficient (Wildman–Crippen LogP) is 2.14. The molecule has 104 valence electrons. The monoisotopic (exact) mass is 273 g/mol. The molecule has 2 N–H and O–H groups in total. The first-order chi connectivity index (χ1) is 8.54. The van der Waals surface area contributed by atoms with Crippen molar-refractivity contribution in [2.24, 2.45) is 11.8 Å². The first-order valence-corrected chi connectivity index (χ1v) is 7.81. The van der Waals surface area contributed by atoms with E-state index in [-0.39, 0.29) is 23.8 Å². The van der Waals surface area contributed by atoms with Gasteiger partial charge in [-0.3, -0.25) is 9.59 Å². The SMILES string of the molecule is CCSCC(C)NC(=O)C1CCC(C(=O)O)CC1. The van der Waals surface area contributed by atoms with Crippen LogP contribution in [0.25, 0.3) is 0 Å². The fourth-order valence-electron chi connectivity index (χ4n) is 2.30. The summed E-state index contributed by atoms with van der Waals surface area (Å²) in [5.41, 5.74) is 0. The van der Waals surface area contributed by atoms with Gasteiger partial charge in [0, 0.05) is 17.7 Å². The van der Waals surface area contributed by atoms with Crippen molar-refractivity contribution in [3.8, 4) is 0 Å². The van der Waals surface area contributed by atoms with Gasteiger partial charge in [-0.2, -0.15) is 11.8 Å². The number of hydrogen-bond donors (Lipinski definition) is 2. The van der Waals surface area contributed by atoms with Crippen LogP contribution in [-0.4, -0.2) is 34.5 Å². The van der Waals surface area contributed by atoms with E-state index in [1.54, 1.807) is 0 Å². The van der Waals surface area contributed by atoms with Gasteiger partial charge in [0.2, 0.25) is 5.91 Å². The molecule has 1 fully saturated rings. The molecule has 18 heavy (non-hydrogen) atoms. The van der Waals surface area contributed by atoms with E-state index >= 15 is 0 Å². The van der Waals surface area contributed by atoms with E-state index in [1.165, 1.54) is 0 Å². The molecule has 0 radical (unpaired) electrons. The highest BCUT2D eigenvalue weighted by molar-refractivity contribution is 7.99. The minimum absolute atomic E-state index is 0.00896. The van der Waals surface area contributed by atoms with E-state index in [0.717, 1.165) is 11.5 Å². The van der Waals surface area contributed by atoms with Crippen molar-refractivity contribution in [1.82, 2.24) is 5.32 Å². The molecule has 0 spiro atoms. The standard InChI is InChI=1S/C13H23NO3S/c1-3-18-8-9(2)14-12(15)10-4-6-11(7-5-10)13(16)17/h9-11H,3-8H2,1-2H3,(H,14,15)(H,16,17). The number of thioether (sulfide) groups is 1. The summed E-state index contributed by atoms with van der Waals surface area (Å²) >= 11 is 1.82. The van der Waals surface area contributed by atoms with Crippen LogP contribution >= 0.6 is 11.8 Å². The molecule has 1 aliphatic rings. The van der Waals surface area contributed by atoms with Crippen molar-refractivity contribution in [2.45, 2.75) is 45.6 Å². The van der Waals surface area contributed by atoms with Gasteiger partial charge >= 0.3 is 5.97 Å². The average molecular weight is 273 g/mol. The Balaban J connectivity index is 2.29. The maximum absolute atomic E-state index is 12.0. The third-order valence-corrected chi connectivity index (χ3v) is 4.55. The highest BCUT2D eigenvalue weighted by Gasteiger charge is 2.29. The van der Waals surface area contributed by atoms with E-state index in [0.29, 0.717) is 25.7 Å². The van der Waals surface area contributed by atoms with E-state index in [4.69, 9.17) is 5.11 Å². The van der Waals surface area contributed by atoms with Crippen LogP contribution in [0.1, 0.15) is 39.5 Å². The minimum Gasteiger partial charge on any atom is -0.481 e. The van der Waals surface area contributed by atoms with Gasteiger partial charge < -0.3 is 10.4 Å². The number of hydrogen-bond acceptors (Lipinski definition) is 3. The number of carbonyl (C=O) groups excluding carboxylic acids is 1. The van der Waals surface area contributed by atoms with Crippen LogP contribution in [-0.2, 0) is 9.59 Å². The largest absolute Gasteiger partial charge is 0.481 e. The zero-order valence-corrected chi connectivity index (χ0v) is 12.0. The summed E-state index contributed by atoms with van der Waals surface area (Å²) in [5, 5.41) is 11.9. The predicted molar refractivity (Wildman–Crippen MR) is 73.7 cm³/mol. The molecule has 1 unspecified atom stereocenters. The summed E-state index contributed by atoms with van der Waals surface area (Å²) in [6.07, 6.45) is 2.67. The fraction of sp³-hybridized carbons (Fsp3) is 0.846. The Bertz CT molecular complexity index is 288. The molecule has 0 bridgehead atoms. The summed E-state index contributed by atoms with van der Waals surface area (Å²) in [5.74, 6) is 1.14. The third kappa shape index (κ3) is 4.88. The number of nitrogens with one attached hydrogen (secondary N) is 1. The van der Waals surface area contributed by atoms with Crippen molar-refractivity contribution in [1.29, 1.82) is 0 Å². The second-order valence-electron chi connectivity index (χ2n) is 4.96. The lowest BCUT2D eigenvalue weighted by atomic mass is 9.81. The number of carbonyl (C=O) groups is 2. The molecule has 4 nitrogen and oxygen atoms in total. The Labute approximate surface area is 113 Å². The summed E-state index contributed by atoms with van der Waals surface area (Å²) in [6.45, 7) is 4.12. The van der Waals surface area contributed by atoms with Gasteiger partial charge in [0.1, 0.15) is 0 Å². The van der Waals surface area contributed by atoms with Crippen molar-refractivity contribution in [2.75, 3.05) is 11.5 Å². The molecule has 1 atom stereocenters. The lowest BCUT2D eigenvalue weighted by molar-refractivity contribution is -0.144. The molecule has 1 aliphatic carbocycles. The van der Waals surface area contributed by atoms with E-state index in [9.17, 15) is 9.59 Å². The van der Waals surface area contributed by atoms with Crippen LogP contribution < -0.4 is 5.32 Å². The topological polar surface area (TPSA) is 66.4 Å². The molecule has 0 aromatic heterocycles. The van der Waals surface area contributed by atoms with Gasteiger partial charge in [0.25, 0.3) is 0 Å². The first kappa shape index (κ1) is 15.3. The zero-order chi connectivity index (χ0) is 13.5. The van der Waals surface area contributed by atoms with Gasteiger partial charge in [-0.15, -0.1) is 0 Å². The van der Waals surface area contributed by atoms with Crippen LogP contribution in [0.2, 0.25) is 0 Å². The highest BCUT2D eigenvalue weighted by Crippen LogP contribution is 2.29. The second kappa shape index (κ2) is 7.67. The Morgan fingerprint density at radius 3 is 2.33 bits per heavy atom. The van der Waals surface area contributed by atoms with Crippen LogP contribution in [0.5, 0.6) is 0 Å². The average Bonchev–Trinajstić information content (AvgIpc) is 2.36. The summed E-state index contributed by atoms with van der Waals surface area (Å²) < 4.78 is 0. The minimum atomic E-state index is -0.721. The molecule has 0 aromatic carbocycles. The lowest BCUT2D eigenvalue weighted by Crippen LogP contribution is -2.40. The Kier molecular flexibility index (Phi) is 6.54. The Hall–Kier alpha value is -0.710. The molecule has 0 aliphatic heterocycles. The first-order valence-electron chi connectivity index (χ1n) is 6.65. The number of carboxylic acid groups (broad SMARTS) is 1. The Morgan fingerprint density at radius 1 is 1.28 bits per heavy atom. The fourth-order valence-corrected chi connectivity index (χ4v) is 2.97. The van der Waals surface area contributed by atoms with Crippen LogP contribution in [0.3, 0.4) is 0 Å². The van der Waals surface area contributed by atoms with Gasteiger partial charge in [0.05, 0.1) is 5.92 Å². The van der Waals surface area contributed by atoms with Crippen molar-refractivity contribution >= 4 is 23.6 Å². The number of rotatable bonds is 6. The number of amides is 1. The molecular weight excluding hydrogens is 250 g/mol. The summed E-state index contributed by atoms with van der Waals surface area (Å²) in [4.78, 5) is 22.8. The third-order valence-electron chi connectivity index (χ3n) is 3.41. The summed E-state index contributed by atoms with van der Waals surface area (Å²) in [7, 11) is 0. The molecule has 1 rings (SSSR count). The van der Waals surface area contributed by atoms with Crippen molar-refractivity contribution in [3.63, 3.8) is 0 Å². The second-order valence-corrected chi connectivity index (χ2v) is 6.27. The molecule has 5 heteroatoms. The molecule has 0 aromatic rings. The number of carboxylic acids is 1. The van der Waals surface area contributed by atoms with Crippen molar-refractivity contribution < 1.29 is 14.7 Å². The molecule has 0 heterocycles. The van der Waals surface area contributed by atoms with Crippen molar-refractivity contribution in [3.05, 3.63) is 0 Å². The molecular formula is C13H23NO3S. The maximum Gasteiger partial charge on any atom is 0.306 e. The molecule has 1 amide bonds. The lowest BCUT2D eigenvalue weighted by Gasteiger charge is -2.26. The van der Waals surface area contributed by atoms with Crippen LogP contribution in [0.4, 0.5) is 0 Å². The quantitative estimate of drug-likeness (QED) is 0.778. The summed E-state index contributed by atoms with van der Waals surface area (Å²) in [6, 6.07) is 0.194. The highest BCUT2D eigenvalue weighted by atomic mass is 32.2. The molecule has 0 saturated heterocycles. The van der Waals surface area contributed by atoms with E-state index in [1.807, 2.05) is 18.7 Å². The normalized spacial score (nSPS) is 25.4. The van der Waals surface area contributed by atoms with Crippen LogP contribution in [0.15, 0.2) is 0 Å². The maximum atomic E-state index is 12.0. The number of aliphatic carboxylic acids is 1. The van der Waals surface area contributed by atoms with Gasteiger partial charge in [-0.25, -0.2) is 0 Å². The zero-order valence-electron chi connectivity index (χ0n) is 11.1. The van der Waals surface area contributed by atoms with Gasteiger partial charge in [-0.05, 0) is 38.4 Å². The van der Waals surface area contributed by atoms with E-state index in [2.05, 4.69) is 12.2 Å². The Morgan fingerprint density at radius 2 is 1.83 bits per heavy atom. The van der Waals surface area contributed by atoms with Gasteiger partial charge in [-0.1, -0.05) is 6.92 Å². The van der Waals surface area contributed by atoms with E-state index < -0.39 is 5.97 Å². The molecule has 1 saturated carbocycles. The smallest absolute Gasteiger partial charge is 0.306 e.